The Morgan fingerprint density at radius 2 is 1.95 bits per heavy atom. The van der Waals surface area contributed by atoms with Gasteiger partial charge in [0.1, 0.15) is 0 Å². The summed E-state index contributed by atoms with van der Waals surface area (Å²) in [5, 5.41) is 10.1. The van der Waals surface area contributed by atoms with E-state index >= 15 is 0 Å². The average molecular weight is 564 g/mol. The summed E-state index contributed by atoms with van der Waals surface area (Å²) in [4.78, 5) is 18.6. The smallest absolute Gasteiger partial charge is 0.248 e. The maximum absolute atomic E-state index is 6.26. The highest BCUT2D eigenvalue weighted by Crippen LogP contribution is 2.47. The average Bonchev–Trinajstić information content (AvgIpc) is 3.69. The largest absolute Gasteiger partial charge is 0.368 e. The predicted octanol–water partition coefficient (Wildman–Crippen LogP) is 5.57. The highest BCUT2D eigenvalue weighted by Gasteiger charge is 2.44. The Bertz CT molecular complexity index is 1550. The number of benzene rings is 1. The van der Waals surface area contributed by atoms with Crippen LogP contribution in [0.1, 0.15) is 43.7 Å². The van der Waals surface area contributed by atoms with Gasteiger partial charge in [-0.05, 0) is 98.2 Å². The number of halogens is 1. The van der Waals surface area contributed by atoms with Crippen LogP contribution in [0.5, 0.6) is 0 Å². The number of rotatable bonds is 5. The molecule has 2 saturated carbocycles. The molecule has 204 valence electrons. The minimum Gasteiger partial charge on any atom is -0.368 e. The molecule has 1 aliphatic heterocycles. The van der Waals surface area contributed by atoms with Crippen LogP contribution in [-0.2, 0) is 0 Å². The van der Waals surface area contributed by atoms with Gasteiger partial charge < -0.3 is 16.0 Å². The number of piperazine rings is 1. The van der Waals surface area contributed by atoms with Crippen molar-refractivity contribution in [1.29, 1.82) is 0 Å². The molecule has 4 atom stereocenters. The minimum absolute atomic E-state index is 0.153. The van der Waals surface area contributed by atoms with Gasteiger partial charge in [0, 0.05) is 43.1 Å². The number of nitrogens with zero attached hydrogens (tertiary/aromatic N) is 7. The van der Waals surface area contributed by atoms with Gasteiger partial charge in [0.05, 0.1) is 10.2 Å². The van der Waals surface area contributed by atoms with Gasteiger partial charge in [-0.3, -0.25) is 4.90 Å². The Morgan fingerprint density at radius 1 is 1.08 bits per heavy atom. The molecule has 7 rings (SSSR count). The Kier molecular flexibility index (Phi) is 6.17. The maximum atomic E-state index is 6.26. The lowest BCUT2D eigenvalue weighted by molar-refractivity contribution is 0.0901. The van der Waals surface area contributed by atoms with Crippen molar-refractivity contribution in [1.82, 2.24) is 29.6 Å². The summed E-state index contributed by atoms with van der Waals surface area (Å²) in [6.07, 6.45) is 5.80. The molecular weight excluding hydrogens is 530 g/mol. The summed E-state index contributed by atoms with van der Waals surface area (Å²) in [7, 11) is 0. The van der Waals surface area contributed by atoms with E-state index in [0.717, 1.165) is 59.0 Å². The summed E-state index contributed by atoms with van der Waals surface area (Å²) in [6.45, 7) is 9.88. The topological polar surface area (TPSA) is 101 Å². The van der Waals surface area contributed by atoms with E-state index < -0.39 is 0 Å². The van der Waals surface area contributed by atoms with Gasteiger partial charge in [-0.15, -0.1) is 16.4 Å². The molecule has 1 aromatic carbocycles. The normalized spacial score (nSPS) is 25.2. The first-order valence-electron chi connectivity index (χ1n) is 13.9. The van der Waals surface area contributed by atoms with Gasteiger partial charge >= 0.3 is 0 Å². The number of nitrogens with two attached hydrogens (primary N) is 1. The Labute approximate surface area is 237 Å². The number of aryl methyl sites for hydroxylation is 2. The van der Waals surface area contributed by atoms with Crippen molar-refractivity contribution in [2.75, 3.05) is 35.6 Å². The van der Waals surface area contributed by atoms with E-state index in [1.54, 1.807) is 0 Å². The number of nitrogen functional groups attached to an aromatic ring is 1. The third kappa shape index (κ3) is 4.42. The third-order valence-electron chi connectivity index (χ3n) is 8.98. The van der Waals surface area contributed by atoms with Crippen LogP contribution in [0.25, 0.3) is 16.0 Å². The monoisotopic (exact) mass is 563 g/mol. The third-order valence-corrected chi connectivity index (χ3v) is 10.2. The van der Waals surface area contributed by atoms with Crippen LogP contribution in [0.4, 0.5) is 23.3 Å². The number of fused-ring (bicyclic) bond motifs is 3. The number of hydrogen-bond donors (Lipinski definition) is 2. The van der Waals surface area contributed by atoms with Crippen molar-refractivity contribution in [3.05, 3.63) is 40.0 Å². The molecule has 2 aliphatic carbocycles. The zero-order valence-electron chi connectivity index (χ0n) is 22.6. The van der Waals surface area contributed by atoms with E-state index in [4.69, 9.17) is 17.3 Å². The van der Waals surface area contributed by atoms with Gasteiger partial charge in [-0.2, -0.15) is 14.6 Å². The van der Waals surface area contributed by atoms with Crippen molar-refractivity contribution in [2.24, 2.45) is 11.8 Å². The van der Waals surface area contributed by atoms with E-state index in [0.29, 0.717) is 17.8 Å². The zero-order valence-corrected chi connectivity index (χ0v) is 24.1. The molecule has 0 radical (unpaired) electrons. The first kappa shape index (κ1) is 25.0. The number of hydrogen-bond acceptors (Lipinski definition) is 9. The molecule has 4 aromatic rings. The van der Waals surface area contributed by atoms with E-state index in [1.807, 2.05) is 12.3 Å². The Balaban J connectivity index is 1.07. The van der Waals surface area contributed by atoms with Crippen molar-refractivity contribution >= 4 is 56.4 Å². The lowest BCUT2D eigenvalue weighted by atomic mass is 9.92. The summed E-state index contributed by atoms with van der Waals surface area (Å²) in [6, 6.07) is 7.84. The molecule has 11 heteroatoms. The predicted molar refractivity (Wildman–Crippen MR) is 159 cm³/mol. The Hall–Kier alpha value is -2.95. The van der Waals surface area contributed by atoms with Gasteiger partial charge in [0.15, 0.2) is 5.82 Å². The molecule has 2 bridgehead atoms. The second-order valence-electron chi connectivity index (χ2n) is 11.5. The standard InChI is InChI=1S/C28H34ClN9S/c1-15-10-20(6-7-21(15)36-8-9-37(17(3)13-36)22-12-18-4-5-19(22)11-18)31-28-34-27(30)38(35-28)25-24-23(16(2)14-39-24)32-26(29)33-25/h6-7,10,14,17-19,22H,4-5,8-9,11-13H2,1-3H3,(H3,30,31,34,35)/t17-,18+,19-,22-/m0/s1. The molecule has 4 heterocycles. The van der Waals surface area contributed by atoms with E-state index in [2.05, 4.69) is 67.2 Å². The molecule has 0 amide bonds. The highest BCUT2D eigenvalue weighted by atomic mass is 35.5. The molecule has 39 heavy (non-hydrogen) atoms. The maximum Gasteiger partial charge on any atom is 0.248 e. The first-order chi connectivity index (χ1) is 18.8. The summed E-state index contributed by atoms with van der Waals surface area (Å²) in [5.41, 5.74) is 11.5. The summed E-state index contributed by atoms with van der Waals surface area (Å²) < 4.78 is 2.39. The highest BCUT2D eigenvalue weighted by molar-refractivity contribution is 7.17. The zero-order chi connectivity index (χ0) is 26.8. The molecule has 3 aliphatic rings. The van der Waals surface area contributed by atoms with Crippen LogP contribution in [0, 0.1) is 25.7 Å². The van der Waals surface area contributed by atoms with E-state index in [1.165, 1.54) is 53.0 Å². The van der Waals surface area contributed by atoms with Crippen molar-refractivity contribution in [3.8, 4) is 5.82 Å². The van der Waals surface area contributed by atoms with Crippen LogP contribution in [0.2, 0.25) is 5.28 Å². The van der Waals surface area contributed by atoms with Gasteiger partial charge in [-0.1, -0.05) is 6.42 Å². The fourth-order valence-corrected chi connectivity index (χ4v) is 8.31. The molecule has 3 N–H and O–H groups in total. The van der Waals surface area contributed by atoms with Crippen molar-refractivity contribution in [3.63, 3.8) is 0 Å². The van der Waals surface area contributed by atoms with Crippen LogP contribution >= 0.6 is 22.9 Å². The van der Waals surface area contributed by atoms with Gasteiger partial charge in [-0.25, -0.2) is 4.98 Å². The lowest BCUT2D eigenvalue weighted by Crippen LogP contribution is -2.56. The fourth-order valence-electron chi connectivity index (χ4n) is 7.19. The van der Waals surface area contributed by atoms with Gasteiger partial charge in [0.2, 0.25) is 17.2 Å². The molecule has 3 aromatic heterocycles. The first-order valence-corrected chi connectivity index (χ1v) is 15.1. The molecule has 1 saturated heterocycles. The molecule has 3 fully saturated rings. The number of anilines is 4. The second kappa shape index (κ2) is 9.60. The SMILES string of the molecule is Cc1cc(Nc2nc(N)n(-c3nc(Cl)nc4c(C)csc34)n2)ccc1N1CCN([C@H]2C[C@@H]3CC[C@H]2C3)[C@@H](C)C1. The quantitative estimate of drug-likeness (QED) is 0.304. The van der Waals surface area contributed by atoms with Crippen LogP contribution < -0.4 is 16.0 Å². The molecule has 0 spiro atoms. The molecule has 9 nitrogen and oxygen atoms in total. The van der Waals surface area contributed by atoms with Crippen molar-refractivity contribution < 1.29 is 0 Å². The number of aromatic nitrogens is 5. The van der Waals surface area contributed by atoms with Crippen LogP contribution in [-0.4, -0.2) is 61.4 Å². The molecular formula is C28H34ClN9S. The lowest BCUT2D eigenvalue weighted by Gasteiger charge is -2.46. The fraction of sp³-hybridized carbons (Fsp3) is 0.500. The minimum atomic E-state index is 0.153. The van der Waals surface area contributed by atoms with Crippen molar-refractivity contribution in [2.45, 2.75) is 58.5 Å². The van der Waals surface area contributed by atoms with Gasteiger partial charge in [0.25, 0.3) is 0 Å². The van der Waals surface area contributed by atoms with E-state index in [9.17, 15) is 0 Å². The summed E-state index contributed by atoms with van der Waals surface area (Å²) in [5.74, 6) is 3.10. The summed E-state index contributed by atoms with van der Waals surface area (Å²) >= 11 is 7.75. The van der Waals surface area contributed by atoms with E-state index in [-0.39, 0.29) is 11.2 Å². The molecule has 0 unspecified atom stereocenters. The number of thiophene rings is 1. The number of nitrogens with one attached hydrogen (secondary N) is 1. The van der Waals surface area contributed by atoms with Crippen LogP contribution in [0.15, 0.2) is 23.6 Å². The second-order valence-corrected chi connectivity index (χ2v) is 12.7. The Morgan fingerprint density at radius 3 is 2.69 bits per heavy atom. The van der Waals surface area contributed by atoms with Crippen LogP contribution in [0.3, 0.4) is 0 Å².